The highest BCUT2D eigenvalue weighted by Gasteiger charge is 2.11. The number of nitrogens with one attached hydrogen (secondary N) is 2. The summed E-state index contributed by atoms with van der Waals surface area (Å²) < 4.78 is 13.5. The van der Waals surface area contributed by atoms with E-state index in [1.54, 1.807) is 18.2 Å². The first-order chi connectivity index (χ1) is 12.4. The molecular weight excluding hydrogens is 505 g/mol. The molecule has 0 spiro atoms. The minimum atomic E-state index is -0.566. The summed E-state index contributed by atoms with van der Waals surface area (Å²) in [6.07, 6.45) is 0. The molecule has 0 saturated carbocycles. The first-order valence-electron chi connectivity index (χ1n) is 7.92. The van der Waals surface area contributed by atoms with Crippen molar-refractivity contribution in [3.63, 3.8) is 0 Å². The number of nitrogens with zero attached hydrogens (tertiary/aromatic N) is 1. The number of carbonyl (C=O) groups is 1. The standard InChI is InChI=1S/C18H19Cl2FN4O.HI/c1-11(13-7-6-12(19)10-15(13)20)25-18(22)24-9-8-23-17(26)14-4-2-3-5-16(14)21;/h2-7,10-11H,8-9H2,1H3,(H,23,26)(H3,22,24,25);1H. The van der Waals surface area contributed by atoms with E-state index in [1.807, 2.05) is 13.0 Å². The van der Waals surface area contributed by atoms with Crippen LogP contribution in [0.3, 0.4) is 0 Å². The summed E-state index contributed by atoms with van der Waals surface area (Å²) in [5.41, 5.74) is 6.67. The molecule has 0 bridgehead atoms. The molecule has 9 heteroatoms. The van der Waals surface area contributed by atoms with Gasteiger partial charge >= 0.3 is 0 Å². The largest absolute Gasteiger partial charge is 0.370 e. The maximum atomic E-state index is 13.5. The third-order valence-corrected chi connectivity index (χ3v) is 4.15. The van der Waals surface area contributed by atoms with E-state index in [0.717, 1.165) is 5.56 Å². The van der Waals surface area contributed by atoms with Crippen LogP contribution in [-0.2, 0) is 0 Å². The molecule has 0 aliphatic carbocycles. The Hall–Kier alpha value is -1.58. The number of amides is 1. The summed E-state index contributed by atoms with van der Waals surface area (Å²) in [7, 11) is 0. The Morgan fingerprint density at radius 2 is 1.96 bits per heavy atom. The topological polar surface area (TPSA) is 79.5 Å². The van der Waals surface area contributed by atoms with Gasteiger partial charge in [0.15, 0.2) is 5.96 Å². The highest BCUT2D eigenvalue weighted by molar-refractivity contribution is 14.0. The Balaban J connectivity index is 0.00000364. The number of guanidine groups is 1. The first-order valence-corrected chi connectivity index (χ1v) is 8.68. The molecule has 2 rings (SSSR count). The zero-order valence-corrected chi connectivity index (χ0v) is 18.4. The van der Waals surface area contributed by atoms with E-state index in [2.05, 4.69) is 15.6 Å². The molecule has 4 N–H and O–H groups in total. The maximum Gasteiger partial charge on any atom is 0.254 e. The predicted molar refractivity (Wildman–Crippen MR) is 119 cm³/mol. The molecule has 2 aromatic rings. The number of halogens is 4. The van der Waals surface area contributed by atoms with Crippen molar-refractivity contribution >= 4 is 59.0 Å². The van der Waals surface area contributed by atoms with E-state index in [0.29, 0.717) is 10.0 Å². The number of nitrogens with two attached hydrogens (primary N) is 1. The van der Waals surface area contributed by atoms with Crippen LogP contribution < -0.4 is 16.4 Å². The molecule has 0 radical (unpaired) electrons. The summed E-state index contributed by atoms with van der Waals surface area (Å²) in [5, 5.41) is 6.69. The molecule has 0 aromatic heterocycles. The fourth-order valence-corrected chi connectivity index (χ4v) is 2.86. The monoisotopic (exact) mass is 524 g/mol. The van der Waals surface area contributed by atoms with Crippen molar-refractivity contribution in [3.8, 4) is 0 Å². The molecule has 0 aliphatic heterocycles. The Morgan fingerprint density at radius 1 is 1.26 bits per heavy atom. The van der Waals surface area contributed by atoms with E-state index < -0.39 is 11.7 Å². The van der Waals surface area contributed by atoms with E-state index in [1.165, 1.54) is 18.2 Å². The van der Waals surface area contributed by atoms with Crippen LogP contribution in [0.4, 0.5) is 4.39 Å². The Bertz CT molecular complexity index is 820. The molecule has 0 heterocycles. The summed E-state index contributed by atoms with van der Waals surface area (Å²) in [6.45, 7) is 2.36. The average molecular weight is 525 g/mol. The number of hydrogen-bond donors (Lipinski definition) is 3. The van der Waals surface area contributed by atoms with Crippen molar-refractivity contribution in [1.82, 2.24) is 10.6 Å². The van der Waals surface area contributed by atoms with Crippen LogP contribution in [0, 0.1) is 5.82 Å². The lowest BCUT2D eigenvalue weighted by atomic mass is 10.1. The molecule has 0 saturated heterocycles. The summed E-state index contributed by atoms with van der Waals surface area (Å²) >= 11 is 12.0. The second-order valence-corrected chi connectivity index (χ2v) is 6.38. The van der Waals surface area contributed by atoms with Crippen molar-refractivity contribution in [2.45, 2.75) is 13.0 Å². The van der Waals surface area contributed by atoms with Gasteiger partial charge in [0.2, 0.25) is 0 Å². The number of benzene rings is 2. The third kappa shape index (κ3) is 7.15. The molecule has 0 aliphatic rings. The van der Waals surface area contributed by atoms with E-state index in [9.17, 15) is 9.18 Å². The van der Waals surface area contributed by atoms with Gasteiger partial charge in [-0.2, -0.15) is 0 Å². The minimum absolute atomic E-state index is 0. The normalized spacial score (nSPS) is 12.1. The van der Waals surface area contributed by atoms with E-state index in [4.69, 9.17) is 28.9 Å². The molecule has 146 valence electrons. The van der Waals surface area contributed by atoms with Crippen molar-refractivity contribution in [1.29, 1.82) is 0 Å². The Kier molecular flexibility index (Phi) is 9.82. The fourth-order valence-electron chi connectivity index (χ4n) is 2.28. The number of hydrogen-bond acceptors (Lipinski definition) is 2. The van der Waals surface area contributed by atoms with Gasteiger partial charge in [0.1, 0.15) is 5.82 Å². The van der Waals surface area contributed by atoms with Crippen LogP contribution in [0.1, 0.15) is 28.9 Å². The van der Waals surface area contributed by atoms with E-state index in [-0.39, 0.29) is 54.6 Å². The average Bonchev–Trinajstić information content (AvgIpc) is 2.58. The van der Waals surface area contributed by atoms with Crippen LogP contribution >= 0.6 is 47.2 Å². The molecule has 1 amide bonds. The second-order valence-electron chi connectivity index (χ2n) is 5.53. The van der Waals surface area contributed by atoms with Crippen LogP contribution in [0.15, 0.2) is 47.5 Å². The van der Waals surface area contributed by atoms with Crippen LogP contribution in [0.25, 0.3) is 0 Å². The lowest BCUT2D eigenvalue weighted by Crippen LogP contribution is -2.35. The summed E-state index contributed by atoms with van der Waals surface area (Å²) in [5.74, 6) is -0.849. The van der Waals surface area contributed by atoms with Gasteiger partial charge in [-0.05, 0) is 36.8 Å². The highest BCUT2D eigenvalue weighted by atomic mass is 127. The molecule has 2 aromatic carbocycles. The predicted octanol–water partition coefficient (Wildman–Crippen LogP) is 4.15. The summed E-state index contributed by atoms with van der Waals surface area (Å²) in [4.78, 5) is 16.0. The van der Waals surface area contributed by atoms with Crippen LogP contribution in [-0.4, -0.2) is 25.0 Å². The van der Waals surface area contributed by atoms with Gasteiger partial charge in [-0.3, -0.25) is 9.79 Å². The Morgan fingerprint density at radius 3 is 2.63 bits per heavy atom. The second kappa shape index (κ2) is 11.3. The molecule has 1 atom stereocenters. The van der Waals surface area contributed by atoms with Crippen molar-refractivity contribution in [2.75, 3.05) is 13.1 Å². The van der Waals surface area contributed by atoms with Gasteiger partial charge in [-0.25, -0.2) is 4.39 Å². The minimum Gasteiger partial charge on any atom is -0.370 e. The molecule has 27 heavy (non-hydrogen) atoms. The smallest absolute Gasteiger partial charge is 0.254 e. The molecular formula is C18H20Cl2FIN4O. The zero-order chi connectivity index (χ0) is 19.1. The molecule has 5 nitrogen and oxygen atoms in total. The number of rotatable bonds is 6. The quantitative estimate of drug-likeness (QED) is 0.230. The van der Waals surface area contributed by atoms with Gasteiger partial charge < -0.3 is 16.4 Å². The number of carbonyl (C=O) groups excluding carboxylic acids is 1. The van der Waals surface area contributed by atoms with Gasteiger partial charge in [0, 0.05) is 16.6 Å². The van der Waals surface area contributed by atoms with Crippen LogP contribution in [0.5, 0.6) is 0 Å². The van der Waals surface area contributed by atoms with Crippen molar-refractivity contribution in [3.05, 3.63) is 69.5 Å². The third-order valence-electron chi connectivity index (χ3n) is 3.59. The zero-order valence-electron chi connectivity index (χ0n) is 14.5. The first kappa shape index (κ1) is 23.5. The highest BCUT2D eigenvalue weighted by Crippen LogP contribution is 2.25. The van der Waals surface area contributed by atoms with Gasteiger partial charge in [0.25, 0.3) is 5.91 Å². The molecule has 0 fully saturated rings. The SMILES string of the molecule is CC(NC(N)=NCCNC(=O)c1ccccc1F)c1ccc(Cl)cc1Cl.I. The van der Waals surface area contributed by atoms with E-state index >= 15 is 0 Å². The number of aliphatic imine (C=N–C) groups is 1. The summed E-state index contributed by atoms with van der Waals surface area (Å²) in [6, 6.07) is 10.8. The molecule has 1 unspecified atom stereocenters. The lowest BCUT2D eigenvalue weighted by molar-refractivity contribution is 0.0951. The lowest BCUT2D eigenvalue weighted by Gasteiger charge is -2.16. The van der Waals surface area contributed by atoms with Gasteiger partial charge in [0.05, 0.1) is 18.2 Å². The Labute approximate surface area is 184 Å². The maximum absolute atomic E-state index is 13.5. The van der Waals surface area contributed by atoms with Crippen molar-refractivity contribution < 1.29 is 9.18 Å². The van der Waals surface area contributed by atoms with Gasteiger partial charge in [-0.1, -0.05) is 41.4 Å². The van der Waals surface area contributed by atoms with Gasteiger partial charge in [-0.15, -0.1) is 24.0 Å². The fraction of sp³-hybridized carbons (Fsp3) is 0.222. The van der Waals surface area contributed by atoms with Crippen LogP contribution in [0.2, 0.25) is 10.0 Å². The van der Waals surface area contributed by atoms with Crippen molar-refractivity contribution in [2.24, 2.45) is 10.7 Å².